The van der Waals surface area contributed by atoms with Crippen molar-refractivity contribution in [3.8, 4) is 0 Å². The molecule has 0 saturated carbocycles. The summed E-state index contributed by atoms with van der Waals surface area (Å²) in [6.07, 6.45) is 7.27. The second-order valence-electron chi connectivity index (χ2n) is 7.62. The Kier molecular flexibility index (Phi) is 5.85. The molecule has 0 radical (unpaired) electrons. The van der Waals surface area contributed by atoms with E-state index in [1.165, 1.54) is 10.6 Å². The molecule has 9 nitrogen and oxygen atoms in total. The van der Waals surface area contributed by atoms with E-state index in [1.54, 1.807) is 29.1 Å². The Bertz CT molecular complexity index is 1130. The Balaban J connectivity index is 1.39. The smallest absolute Gasteiger partial charge is 0.262 e. The first-order valence-corrected chi connectivity index (χ1v) is 12.1. The van der Waals surface area contributed by atoms with Gasteiger partial charge in [0.1, 0.15) is 11.6 Å². The summed E-state index contributed by atoms with van der Waals surface area (Å²) in [6.45, 7) is 4.89. The number of sulfonamides is 1. The summed E-state index contributed by atoms with van der Waals surface area (Å²) < 4.78 is 28.7. The molecular formula is C19H25N7O2S2. The predicted octanol–water partition coefficient (Wildman–Crippen LogP) is 2.67. The molecule has 4 heterocycles. The van der Waals surface area contributed by atoms with Crippen LogP contribution in [0.25, 0.3) is 0 Å². The number of nitrogens with zero attached hydrogens (tertiary/aromatic N) is 6. The first-order chi connectivity index (χ1) is 14.3. The molecule has 30 heavy (non-hydrogen) atoms. The summed E-state index contributed by atoms with van der Waals surface area (Å²) in [5, 5.41) is 4.17. The molecule has 1 aliphatic heterocycles. The van der Waals surface area contributed by atoms with Crippen LogP contribution in [0.15, 0.2) is 29.8 Å². The summed E-state index contributed by atoms with van der Waals surface area (Å²) in [5.41, 5.74) is 0.962. The highest BCUT2D eigenvalue weighted by atomic mass is 32.2. The number of aryl methyl sites for hydroxylation is 3. The number of hydrogen-bond acceptors (Lipinski definition) is 8. The van der Waals surface area contributed by atoms with Gasteiger partial charge in [-0.3, -0.25) is 0 Å². The molecule has 3 aromatic heterocycles. The number of imidazole rings is 1. The van der Waals surface area contributed by atoms with Crippen LogP contribution in [0.3, 0.4) is 0 Å². The highest BCUT2D eigenvalue weighted by Gasteiger charge is 2.31. The lowest BCUT2D eigenvalue weighted by Gasteiger charge is -2.30. The summed E-state index contributed by atoms with van der Waals surface area (Å²) in [7, 11) is -1.76. The third kappa shape index (κ3) is 4.68. The van der Waals surface area contributed by atoms with Crippen LogP contribution in [0.2, 0.25) is 0 Å². The SMILES string of the molecule is Cc1nc(CC2CCN(S(=O)(=O)c3cn(C)cn3)CC2)cc(Nc2ncc(C)s2)n1. The van der Waals surface area contributed by atoms with Gasteiger partial charge in [0.25, 0.3) is 10.0 Å². The van der Waals surface area contributed by atoms with E-state index in [0.717, 1.165) is 40.8 Å². The van der Waals surface area contributed by atoms with Crippen LogP contribution in [0.4, 0.5) is 10.9 Å². The van der Waals surface area contributed by atoms with Crippen molar-refractivity contribution < 1.29 is 8.42 Å². The zero-order chi connectivity index (χ0) is 21.3. The van der Waals surface area contributed by atoms with Crippen molar-refractivity contribution in [3.05, 3.63) is 41.2 Å². The number of thiazole rings is 1. The molecule has 0 atom stereocenters. The molecule has 1 N–H and O–H groups in total. The second kappa shape index (κ2) is 8.40. The third-order valence-electron chi connectivity index (χ3n) is 5.10. The van der Waals surface area contributed by atoms with Crippen LogP contribution < -0.4 is 5.32 Å². The van der Waals surface area contributed by atoms with Gasteiger partial charge in [-0.2, -0.15) is 4.31 Å². The third-order valence-corrected chi connectivity index (χ3v) is 7.72. The topological polar surface area (TPSA) is 106 Å². The van der Waals surface area contributed by atoms with Crippen molar-refractivity contribution in [2.75, 3.05) is 18.4 Å². The van der Waals surface area contributed by atoms with E-state index in [1.807, 2.05) is 26.1 Å². The number of nitrogens with one attached hydrogen (secondary N) is 1. The fraction of sp³-hybridized carbons (Fsp3) is 0.474. The highest BCUT2D eigenvalue weighted by Crippen LogP contribution is 2.26. The molecule has 3 aromatic rings. The van der Waals surface area contributed by atoms with Gasteiger partial charge in [0.05, 0.1) is 6.33 Å². The quantitative estimate of drug-likeness (QED) is 0.619. The molecule has 0 amide bonds. The van der Waals surface area contributed by atoms with Crippen molar-refractivity contribution in [1.29, 1.82) is 0 Å². The molecule has 0 spiro atoms. The fourth-order valence-corrected chi connectivity index (χ4v) is 5.73. The summed E-state index contributed by atoms with van der Waals surface area (Å²) in [6, 6.07) is 1.96. The van der Waals surface area contributed by atoms with E-state index in [2.05, 4.69) is 25.3 Å². The summed E-state index contributed by atoms with van der Waals surface area (Å²) in [4.78, 5) is 18.5. The molecule has 0 bridgehead atoms. The minimum absolute atomic E-state index is 0.114. The molecule has 4 rings (SSSR count). The van der Waals surface area contributed by atoms with Gasteiger partial charge < -0.3 is 9.88 Å². The lowest BCUT2D eigenvalue weighted by Crippen LogP contribution is -2.39. The molecular weight excluding hydrogens is 422 g/mol. The van der Waals surface area contributed by atoms with E-state index in [4.69, 9.17) is 0 Å². The van der Waals surface area contributed by atoms with Gasteiger partial charge in [-0.1, -0.05) is 0 Å². The van der Waals surface area contributed by atoms with Crippen molar-refractivity contribution >= 4 is 32.3 Å². The van der Waals surface area contributed by atoms with Gasteiger partial charge in [-0.15, -0.1) is 11.3 Å². The molecule has 1 saturated heterocycles. The average Bonchev–Trinajstić information content (AvgIpc) is 3.30. The molecule has 160 valence electrons. The number of aromatic nitrogens is 5. The summed E-state index contributed by atoms with van der Waals surface area (Å²) in [5.74, 6) is 1.82. The molecule has 11 heteroatoms. The van der Waals surface area contributed by atoms with Crippen LogP contribution in [0.1, 0.15) is 29.2 Å². The molecule has 0 aromatic carbocycles. The standard InChI is InChI=1S/C19H25N7O2S2/c1-13-10-20-19(29-13)24-17-9-16(22-14(2)23-17)8-15-4-6-26(7-5-15)30(27,28)18-11-25(3)12-21-18/h9-12,15H,4-8H2,1-3H3,(H,20,22,23,24). The lowest BCUT2D eigenvalue weighted by molar-refractivity contribution is 0.271. The van der Waals surface area contributed by atoms with Gasteiger partial charge in [0, 0.05) is 49.2 Å². The van der Waals surface area contributed by atoms with Crippen molar-refractivity contribution in [2.45, 2.75) is 38.1 Å². The summed E-state index contributed by atoms with van der Waals surface area (Å²) >= 11 is 1.58. The normalized spacial score (nSPS) is 16.1. The van der Waals surface area contributed by atoms with E-state index in [-0.39, 0.29) is 5.03 Å². The van der Waals surface area contributed by atoms with Crippen LogP contribution >= 0.6 is 11.3 Å². The Morgan fingerprint density at radius 2 is 1.97 bits per heavy atom. The number of piperidine rings is 1. The maximum atomic E-state index is 12.7. The van der Waals surface area contributed by atoms with Gasteiger partial charge in [-0.25, -0.2) is 28.4 Å². The Labute approximate surface area is 180 Å². The minimum Gasteiger partial charge on any atom is -0.339 e. The molecule has 1 aliphatic rings. The van der Waals surface area contributed by atoms with Crippen LogP contribution in [-0.4, -0.2) is 50.3 Å². The maximum absolute atomic E-state index is 12.7. The van der Waals surface area contributed by atoms with Crippen LogP contribution in [0.5, 0.6) is 0 Å². The Hall–Kier alpha value is -2.37. The largest absolute Gasteiger partial charge is 0.339 e. The maximum Gasteiger partial charge on any atom is 0.262 e. The van der Waals surface area contributed by atoms with Crippen molar-refractivity contribution in [3.63, 3.8) is 0 Å². The van der Waals surface area contributed by atoms with Crippen LogP contribution in [-0.2, 0) is 23.5 Å². The van der Waals surface area contributed by atoms with Gasteiger partial charge >= 0.3 is 0 Å². The van der Waals surface area contributed by atoms with E-state index >= 15 is 0 Å². The predicted molar refractivity (Wildman–Crippen MR) is 115 cm³/mol. The van der Waals surface area contributed by atoms with Gasteiger partial charge in [-0.05, 0) is 39.0 Å². The number of hydrogen-bond donors (Lipinski definition) is 1. The van der Waals surface area contributed by atoms with Gasteiger partial charge in [0.2, 0.25) is 0 Å². The first-order valence-electron chi connectivity index (χ1n) is 9.82. The fourth-order valence-electron chi connectivity index (χ4n) is 3.62. The lowest BCUT2D eigenvalue weighted by atomic mass is 9.93. The average molecular weight is 448 g/mol. The zero-order valence-electron chi connectivity index (χ0n) is 17.2. The monoisotopic (exact) mass is 447 g/mol. The van der Waals surface area contributed by atoms with Crippen molar-refractivity contribution in [2.24, 2.45) is 13.0 Å². The second-order valence-corrected chi connectivity index (χ2v) is 10.7. The van der Waals surface area contributed by atoms with Crippen molar-refractivity contribution in [1.82, 2.24) is 28.8 Å². The van der Waals surface area contributed by atoms with E-state index in [0.29, 0.717) is 24.8 Å². The molecule has 0 unspecified atom stereocenters. The highest BCUT2D eigenvalue weighted by molar-refractivity contribution is 7.89. The number of anilines is 2. The Morgan fingerprint density at radius 3 is 2.60 bits per heavy atom. The first kappa shape index (κ1) is 20.9. The van der Waals surface area contributed by atoms with E-state index in [9.17, 15) is 8.42 Å². The Morgan fingerprint density at radius 1 is 1.20 bits per heavy atom. The molecule has 1 fully saturated rings. The van der Waals surface area contributed by atoms with Gasteiger partial charge in [0.15, 0.2) is 10.2 Å². The zero-order valence-corrected chi connectivity index (χ0v) is 18.9. The van der Waals surface area contributed by atoms with Crippen LogP contribution in [0, 0.1) is 19.8 Å². The van der Waals surface area contributed by atoms with E-state index < -0.39 is 10.0 Å². The minimum atomic E-state index is -3.52. The molecule has 0 aliphatic carbocycles. The number of rotatable bonds is 6.